The Morgan fingerprint density at radius 1 is 1.15 bits per heavy atom. The smallest absolute Gasteiger partial charge is 0.372 e. The van der Waals surface area contributed by atoms with Gasteiger partial charge in [0.05, 0.1) is 29.6 Å². The number of rotatable bonds is 7. The van der Waals surface area contributed by atoms with Crippen LogP contribution in [-0.2, 0) is 28.3 Å². The van der Waals surface area contributed by atoms with Crippen LogP contribution in [0, 0.1) is 17.8 Å². The summed E-state index contributed by atoms with van der Waals surface area (Å²) in [6, 6.07) is 7.90. The van der Waals surface area contributed by atoms with Crippen LogP contribution in [0.15, 0.2) is 36.1 Å². The van der Waals surface area contributed by atoms with Crippen LogP contribution >= 0.6 is 0 Å². The van der Waals surface area contributed by atoms with Crippen LogP contribution in [-0.4, -0.2) is 59.9 Å². The van der Waals surface area contributed by atoms with Crippen LogP contribution in [0.25, 0.3) is 5.57 Å². The number of carboxylic acid groups (broad SMARTS) is 1. The van der Waals surface area contributed by atoms with Crippen molar-refractivity contribution in [1.29, 1.82) is 0 Å². The zero-order valence-electron chi connectivity index (χ0n) is 25.4. The van der Waals surface area contributed by atoms with Gasteiger partial charge in [0, 0.05) is 12.3 Å². The van der Waals surface area contributed by atoms with Crippen molar-refractivity contribution in [2.45, 2.75) is 103 Å². The maximum absolute atomic E-state index is 14.4. The molecule has 3 aliphatic rings. The highest BCUT2D eigenvalue weighted by Crippen LogP contribution is 2.47. The number of imide groups is 1. The molecule has 2 unspecified atom stereocenters. The summed E-state index contributed by atoms with van der Waals surface area (Å²) in [5.41, 5.74) is -1.20. The van der Waals surface area contributed by atoms with Crippen molar-refractivity contribution in [1.82, 2.24) is 10.2 Å². The summed E-state index contributed by atoms with van der Waals surface area (Å²) >= 11 is 0. The number of β-lactam (4-membered cyclic amide) rings is 1. The zero-order chi connectivity index (χ0) is 30.5. The number of carbonyl (C=O) groups is 4. The van der Waals surface area contributed by atoms with E-state index in [0.717, 1.165) is 6.42 Å². The fourth-order valence-corrected chi connectivity index (χ4v) is 7.60. The minimum absolute atomic E-state index is 0.0541. The number of hydrogen-bond donors (Lipinski definition) is 2. The third kappa shape index (κ3) is 5.36. The minimum atomic E-state index is -2.19. The Balaban J connectivity index is 1.72. The summed E-state index contributed by atoms with van der Waals surface area (Å²) in [4.78, 5) is 55.1. The number of aliphatic carboxylic acids is 1. The minimum Gasteiger partial charge on any atom is -0.475 e. The molecule has 1 saturated carbocycles. The van der Waals surface area contributed by atoms with Crippen molar-refractivity contribution in [3.63, 3.8) is 0 Å². The number of carbonyl (C=O) groups excluding carboxylic acids is 3. The number of nitrogens with zero attached hydrogens (tertiary/aromatic N) is 1. The lowest BCUT2D eigenvalue weighted by Crippen LogP contribution is -2.70. The van der Waals surface area contributed by atoms with Gasteiger partial charge in [0.25, 0.3) is 5.91 Å². The second-order valence-electron chi connectivity index (χ2n) is 13.4. The highest BCUT2D eigenvalue weighted by Gasteiger charge is 2.59. The van der Waals surface area contributed by atoms with E-state index in [9.17, 15) is 24.3 Å². The maximum atomic E-state index is 14.4. The lowest BCUT2D eigenvalue weighted by Gasteiger charge is -2.53. The van der Waals surface area contributed by atoms with Crippen LogP contribution in [0.3, 0.4) is 0 Å². The van der Waals surface area contributed by atoms with Crippen molar-refractivity contribution in [3.8, 4) is 0 Å². The fourth-order valence-electron chi connectivity index (χ4n) is 6.17. The number of benzene rings is 1. The van der Waals surface area contributed by atoms with Crippen molar-refractivity contribution in [2.24, 2.45) is 17.8 Å². The molecule has 2 fully saturated rings. The third-order valence-electron chi connectivity index (χ3n) is 9.69. The van der Waals surface area contributed by atoms with E-state index in [-0.39, 0.29) is 22.4 Å². The van der Waals surface area contributed by atoms with E-state index < -0.39 is 61.6 Å². The molecular formula is C31H44N2O7Si. The van der Waals surface area contributed by atoms with E-state index in [1.165, 1.54) is 4.90 Å². The molecule has 2 aliphatic heterocycles. The zero-order valence-corrected chi connectivity index (χ0v) is 26.4. The van der Waals surface area contributed by atoms with E-state index in [4.69, 9.17) is 9.16 Å². The predicted octanol–water partition coefficient (Wildman–Crippen LogP) is 4.94. The first kappa shape index (κ1) is 31.0. The van der Waals surface area contributed by atoms with Gasteiger partial charge in [0.15, 0.2) is 14.0 Å². The van der Waals surface area contributed by atoms with Gasteiger partial charge in [-0.25, -0.2) is 9.69 Å². The predicted molar refractivity (Wildman–Crippen MR) is 157 cm³/mol. The highest BCUT2D eigenvalue weighted by molar-refractivity contribution is 6.74. The normalized spacial score (nSPS) is 28.5. The summed E-state index contributed by atoms with van der Waals surface area (Å²) in [6.45, 7) is 16.1. The molecule has 0 aromatic heterocycles. The van der Waals surface area contributed by atoms with Crippen molar-refractivity contribution in [2.75, 3.05) is 0 Å². The van der Waals surface area contributed by atoms with Gasteiger partial charge in [0.2, 0.25) is 17.6 Å². The lowest BCUT2D eigenvalue weighted by molar-refractivity contribution is -0.205. The first-order valence-electron chi connectivity index (χ1n) is 14.6. The molecule has 2 heterocycles. The largest absolute Gasteiger partial charge is 0.475 e. The molecule has 1 aliphatic carbocycles. The van der Waals surface area contributed by atoms with Gasteiger partial charge < -0.3 is 19.6 Å². The van der Waals surface area contributed by atoms with Crippen LogP contribution in [0.1, 0.15) is 72.8 Å². The molecule has 10 heteroatoms. The standard InChI is InChI=1S/C31H44N2O7Si/c1-18-14-12-13-17-31(18)33(28(36)23(25(39-31)29(37)38)21-15-10-9-11-16-21)27(35)19(2)24-22(26(34)32-24)20(3)40-41(7,8)30(4,5)6/h9-11,15-16,18-20,22,24H,12-14,17H2,1-8H3,(H,32,34)(H,37,38)/t18?,19-,20-,22-,24-,31?/m1/s1. The van der Waals surface area contributed by atoms with Crippen LogP contribution in [0.2, 0.25) is 18.1 Å². The van der Waals surface area contributed by atoms with Crippen molar-refractivity contribution in [3.05, 3.63) is 41.7 Å². The molecular weight excluding hydrogens is 540 g/mol. The summed E-state index contributed by atoms with van der Waals surface area (Å²) in [5.74, 6) is -4.74. The molecule has 41 heavy (non-hydrogen) atoms. The molecule has 6 atom stereocenters. The second kappa shape index (κ2) is 11.0. The molecule has 1 spiro atoms. The number of ether oxygens (including phenoxy) is 1. The fraction of sp³-hybridized carbons (Fsp3) is 0.613. The summed E-state index contributed by atoms with van der Waals surface area (Å²) in [7, 11) is -2.19. The molecule has 1 aromatic rings. The Hall–Kier alpha value is -2.98. The van der Waals surface area contributed by atoms with Gasteiger partial charge in [-0.1, -0.05) is 71.4 Å². The molecule has 3 amide bonds. The Kier molecular flexibility index (Phi) is 8.32. The summed E-state index contributed by atoms with van der Waals surface area (Å²) < 4.78 is 12.8. The SMILES string of the molecule is CC1CCCCC12OC(C(=O)O)=C(c1ccccc1)C(=O)N2C(=O)[C@H](C)[C@H]1NC(=O)[C@@H]1[C@@H](C)O[Si](C)(C)C(C)(C)C. The second-order valence-corrected chi connectivity index (χ2v) is 18.1. The average molecular weight is 585 g/mol. The molecule has 0 bridgehead atoms. The average Bonchev–Trinajstić information content (AvgIpc) is 2.87. The number of carboxylic acids is 1. The number of hydrogen-bond acceptors (Lipinski definition) is 6. The van der Waals surface area contributed by atoms with E-state index in [0.29, 0.717) is 24.8 Å². The van der Waals surface area contributed by atoms with Crippen LogP contribution < -0.4 is 5.32 Å². The summed E-state index contributed by atoms with van der Waals surface area (Å²) in [5, 5.41) is 13.0. The number of amides is 3. The van der Waals surface area contributed by atoms with Gasteiger partial charge in [-0.05, 0) is 43.5 Å². The van der Waals surface area contributed by atoms with E-state index in [1.54, 1.807) is 37.3 Å². The summed E-state index contributed by atoms with van der Waals surface area (Å²) in [6.07, 6.45) is 2.17. The van der Waals surface area contributed by atoms with Crippen LogP contribution in [0.4, 0.5) is 0 Å². The van der Waals surface area contributed by atoms with Gasteiger partial charge in [-0.15, -0.1) is 0 Å². The van der Waals surface area contributed by atoms with Crippen LogP contribution in [0.5, 0.6) is 0 Å². The van der Waals surface area contributed by atoms with Gasteiger partial charge in [-0.2, -0.15) is 0 Å². The first-order chi connectivity index (χ1) is 19.0. The molecule has 1 saturated heterocycles. The third-order valence-corrected chi connectivity index (χ3v) is 14.3. The maximum Gasteiger partial charge on any atom is 0.372 e. The quantitative estimate of drug-likeness (QED) is 0.344. The van der Waals surface area contributed by atoms with Crippen molar-refractivity contribution >= 4 is 37.6 Å². The van der Waals surface area contributed by atoms with Gasteiger partial charge in [-0.3, -0.25) is 14.4 Å². The van der Waals surface area contributed by atoms with E-state index in [1.807, 2.05) is 13.8 Å². The van der Waals surface area contributed by atoms with Crippen molar-refractivity contribution < 1.29 is 33.4 Å². The lowest BCUT2D eigenvalue weighted by atomic mass is 9.76. The van der Waals surface area contributed by atoms with Gasteiger partial charge >= 0.3 is 5.97 Å². The Bertz CT molecular complexity index is 1250. The molecule has 1 aromatic carbocycles. The molecule has 224 valence electrons. The Morgan fingerprint density at radius 2 is 1.78 bits per heavy atom. The first-order valence-corrected chi connectivity index (χ1v) is 17.5. The monoisotopic (exact) mass is 584 g/mol. The Labute approximate surface area is 243 Å². The molecule has 2 N–H and O–H groups in total. The topological polar surface area (TPSA) is 122 Å². The van der Waals surface area contributed by atoms with Gasteiger partial charge in [0.1, 0.15) is 0 Å². The molecule has 9 nitrogen and oxygen atoms in total. The molecule has 4 rings (SSSR count). The van der Waals surface area contributed by atoms with E-state index >= 15 is 0 Å². The van der Waals surface area contributed by atoms with E-state index in [2.05, 4.69) is 39.2 Å². The molecule has 0 radical (unpaired) electrons. The highest BCUT2D eigenvalue weighted by atomic mass is 28.4. The Morgan fingerprint density at radius 3 is 2.32 bits per heavy atom. The number of nitrogens with one attached hydrogen (secondary N) is 1.